The van der Waals surface area contributed by atoms with Gasteiger partial charge >= 0.3 is 0 Å². The van der Waals surface area contributed by atoms with E-state index < -0.39 is 10.2 Å². The predicted octanol–water partition coefficient (Wildman–Crippen LogP) is 2.31. The van der Waals surface area contributed by atoms with Crippen LogP contribution in [0.4, 0.5) is 0 Å². The van der Waals surface area contributed by atoms with Crippen molar-refractivity contribution in [2.75, 3.05) is 32.8 Å². The van der Waals surface area contributed by atoms with Gasteiger partial charge in [0, 0.05) is 26.2 Å². The van der Waals surface area contributed by atoms with Crippen molar-refractivity contribution >= 4 is 10.2 Å². The van der Waals surface area contributed by atoms with Crippen LogP contribution in [0.5, 0.6) is 0 Å². The molecule has 1 saturated heterocycles. The standard InChI is InChI=1S/C19H24N2O3S/c22-25(23,20-13-15-24-16-14-20)21(17-19-9-5-2-6-10-19)12-11-18-7-3-1-4-8-18/h1-10H,11-17H2. The van der Waals surface area contributed by atoms with Crippen LogP contribution in [0.2, 0.25) is 0 Å². The molecule has 1 aliphatic heterocycles. The minimum Gasteiger partial charge on any atom is -0.379 e. The van der Waals surface area contributed by atoms with Crippen molar-refractivity contribution in [3.8, 4) is 0 Å². The highest BCUT2D eigenvalue weighted by Crippen LogP contribution is 2.16. The molecule has 0 bridgehead atoms. The van der Waals surface area contributed by atoms with Crippen LogP contribution in [-0.4, -0.2) is 49.9 Å². The molecule has 6 heteroatoms. The second kappa shape index (κ2) is 8.58. The second-order valence-electron chi connectivity index (χ2n) is 6.07. The van der Waals surface area contributed by atoms with Crippen LogP contribution >= 0.6 is 0 Å². The first kappa shape index (κ1) is 18.1. The van der Waals surface area contributed by atoms with E-state index in [1.807, 2.05) is 60.7 Å². The van der Waals surface area contributed by atoms with E-state index in [1.165, 1.54) is 4.31 Å². The molecule has 134 valence electrons. The van der Waals surface area contributed by atoms with Gasteiger partial charge in [0.1, 0.15) is 0 Å². The number of ether oxygens (including phenoxy) is 1. The average Bonchev–Trinajstić information content (AvgIpc) is 2.67. The quantitative estimate of drug-likeness (QED) is 0.761. The average molecular weight is 360 g/mol. The van der Waals surface area contributed by atoms with E-state index in [2.05, 4.69) is 0 Å². The summed E-state index contributed by atoms with van der Waals surface area (Å²) < 4.78 is 34.6. The van der Waals surface area contributed by atoms with Crippen LogP contribution in [-0.2, 0) is 27.9 Å². The third kappa shape index (κ3) is 4.89. The van der Waals surface area contributed by atoms with Crippen molar-refractivity contribution in [1.82, 2.24) is 8.61 Å². The lowest BCUT2D eigenvalue weighted by Gasteiger charge is -2.32. The highest BCUT2D eigenvalue weighted by molar-refractivity contribution is 7.86. The van der Waals surface area contributed by atoms with Gasteiger partial charge in [0.15, 0.2) is 0 Å². The molecular weight excluding hydrogens is 336 g/mol. The lowest BCUT2D eigenvalue weighted by Crippen LogP contribution is -2.48. The van der Waals surface area contributed by atoms with Gasteiger partial charge < -0.3 is 4.74 Å². The molecule has 25 heavy (non-hydrogen) atoms. The van der Waals surface area contributed by atoms with E-state index in [9.17, 15) is 8.42 Å². The van der Waals surface area contributed by atoms with Gasteiger partial charge in [-0.3, -0.25) is 0 Å². The maximum atomic E-state index is 13.1. The lowest BCUT2D eigenvalue weighted by atomic mass is 10.1. The third-order valence-electron chi connectivity index (χ3n) is 4.32. The van der Waals surface area contributed by atoms with Crippen molar-refractivity contribution in [2.24, 2.45) is 0 Å². The molecule has 2 aromatic carbocycles. The van der Waals surface area contributed by atoms with Crippen LogP contribution < -0.4 is 0 Å². The van der Waals surface area contributed by atoms with E-state index in [0.29, 0.717) is 45.8 Å². The van der Waals surface area contributed by atoms with Crippen LogP contribution in [0.25, 0.3) is 0 Å². The number of hydrogen-bond acceptors (Lipinski definition) is 3. The van der Waals surface area contributed by atoms with Gasteiger partial charge in [-0.15, -0.1) is 0 Å². The molecule has 0 unspecified atom stereocenters. The lowest BCUT2D eigenvalue weighted by molar-refractivity contribution is 0.0700. The zero-order chi connectivity index (χ0) is 17.5. The topological polar surface area (TPSA) is 49.9 Å². The van der Waals surface area contributed by atoms with Crippen molar-refractivity contribution < 1.29 is 13.2 Å². The normalized spacial score (nSPS) is 16.2. The van der Waals surface area contributed by atoms with Crippen molar-refractivity contribution in [3.05, 3.63) is 71.8 Å². The minimum atomic E-state index is -3.51. The molecule has 0 aromatic heterocycles. The Balaban J connectivity index is 1.77. The number of hydrogen-bond donors (Lipinski definition) is 0. The molecule has 3 rings (SSSR count). The molecule has 0 radical (unpaired) electrons. The summed E-state index contributed by atoms with van der Waals surface area (Å²) >= 11 is 0. The fourth-order valence-corrected chi connectivity index (χ4v) is 4.47. The first-order valence-corrected chi connectivity index (χ1v) is 9.97. The number of rotatable bonds is 7. The van der Waals surface area contributed by atoms with Gasteiger partial charge in [-0.2, -0.15) is 17.0 Å². The molecule has 0 N–H and O–H groups in total. The van der Waals surface area contributed by atoms with Gasteiger partial charge in [-0.05, 0) is 17.5 Å². The first-order chi connectivity index (χ1) is 12.2. The summed E-state index contributed by atoms with van der Waals surface area (Å²) in [4.78, 5) is 0. The minimum absolute atomic E-state index is 0.382. The third-order valence-corrected chi connectivity index (χ3v) is 6.30. The van der Waals surface area contributed by atoms with Crippen LogP contribution in [0.15, 0.2) is 60.7 Å². The summed E-state index contributed by atoms with van der Waals surface area (Å²) in [6.45, 7) is 2.58. The molecule has 1 aliphatic rings. The van der Waals surface area contributed by atoms with E-state index in [1.54, 1.807) is 4.31 Å². The molecule has 0 spiro atoms. The Labute approximate surface area is 150 Å². The fourth-order valence-electron chi connectivity index (χ4n) is 2.90. The van der Waals surface area contributed by atoms with E-state index >= 15 is 0 Å². The van der Waals surface area contributed by atoms with E-state index in [0.717, 1.165) is 11.1 Å². The molecule has 1 heterocycles. The molecule has 2 aromatic rings. The van der Waals surface area contributed by atoms with Crippen molar-refractivity contribution in [1.29, 1.82) is 0 Å². The summed E-state index contributed by atoms with van der Waals surface area (Å²) in [6, 6.07) is 19.7. The molecule has 0 atom stereocenters. The van der Waals surface area contributed by atoms with Crippen molar-refractivity contribution in [3.63, 3.8) is 0 Å². The summed E-state index contributed by atoms with van der Waals surface area (Å²) in [6.07, 6.45) is 0.692. The molecule has 1 fully saturated rings. The Bertz CT molecular complexity index is 745. The van der Waals surface area contributed by atoms with Gasteiger partial charge in [0.2, 0.25) is 0 Å². The van der Waals surface area contributed by atoms with Crippen LogP contribution in [0, 0.1) is 0 Å². The highest BCUT2D eigenvalue weighted by Gasteiger charge is 2.30. The number of morpholine rings is 1. The van der Waals surface area contributed by atoms with Crippen molar-refractivity contribution in [2.45, 2.75) is 13.0 Å². The van der Waals surface area contributed by atoms with Crippen LogP contribution in [0.1, 0.15) is 11.1 Å². The molecule has 0 amide bonds. The van der Waals surface area contributed by atoms with Gasteiger partial charge in [-0.1, -0.05) is 60.7 Å². The van der Waals surface area contributed by atoms with Gasteiger partial charge in [0.05, 0.1) is 13.2 Å². The first-order valence-electron chi connectivity index (χ1n) is 8.57. The summed E-state index contributed by atoms with van der Waals surface area (Å²) in [5, 5.41) is 0. The largest absolute Gasteiger partial charge is 0.379 e. The Morgan fingerprint density at radius 1 is 0.880 bits per heavy atom. The second-order valence-corrected chi connectivity index (χ2v) is 8.00. The number of nitrogens with zero attached hydrogens (tertiary/aromatic N) is 2. The molecule has 5 nitrogen and oxygen atoms in total. The van der Waals surface area contributed by atoms with Gasteiger partial charge in [0.25, 0.3) is 10.2 Å². The smallest absolute Gasteiger partial charge is 0.282 e. The Morgan fingerprint density at radius 2 is 1.44 bits per heavy atom. The Kier molecular flexibility index (Phi) is 6.20. The van der Waals surface area contributed by atoms with Gasteiger partial charge in [-0.25, -0.2) is 0 Å². The Morgan fingerprint density at radius 3 is 2.04 bits per heavy atom. The molecular formula is C19H24N2O3S. The van der Waals surface area contributed by atoms with E-state index in [-0.39, 0.29) is 0 Å². The highest BCUT2D eigenvalue weighted by atomic mass is 32.2. The van der Waals surface area contributed by atoms with Crippen LogP contribution in [0.3, 0.4) is 0 Å². The zero-order valence-corrected chi connectivity index (χ0v) is 15.1. The summed E-state index contributed by atoms with van der Waals surface area (Å²) in [5.41, 5.74) is 2.13. The zero-order valence-electron chi connectivity index (χ0n) is 14.3. The predicted molar refractivity (Wildman–Crippen MR) is 98.3 cm³/mol. The fraction of sp³-hybridized carbons (Fsp3) is 0.368. The maximum absolute atomic E-state index is 13.1. The maximum Gasteiger partial charge on any atom is 0.282 e. The summed E-state index contributed by atoms with van der Waals surface area (Å²) in [5.74, 6) is 0. The monoisotopic (exact) mass is 360 g/mol. The molecule has 0 aliphatic carbocycles. The summed E-state index contributed by atoms with van der Waals surface area (Å²) in [7, 11) is -3.51. The number of benzene rings is 2. The van der Waals surface area contributed by atoms with E-state index in [4.69, 9.17) is 4.74 Å². The molecule has 0 saturated carbocycles. The Hall–Kier alpha value is -1.73. The SMILES string of the molecule is O=S(=O)(N1CCOCC1)N(CCc1ccccc1)Cc1ccccc1.